The summed E-state index contributed by atoms with van der Waals surface area (Å²) in [4.78, 5) is 1.53. The highest BCUT2D eigenvalue weighted by Gasteiger charge is 2.12. The maximum absolute atomic E-state index is 13.4. The fraction of sp³-hybridized carbons (Fsp3) is 0.143. The molecule has 0 amide bonds. The van der Waals surface area contributed by atoms with Gasteiger partial charge in [-0.3, -0.25) is 0 Å². The van der Waals surface area contributed by atoms with Crippen molar-refractivity contribution in [3.63, 3.8) is 0 Å². The maximum Gasteiger partial charge on any atom is 0.147 e. The number of halogens is 1. The standard InChI is InChI=1S/C21H18FN3O2/c22-17-5-3-4-16(12-17)14-27-21-9-8-15(10-11-26)13-20(21)25-23-18-6-1-2-7-19(18)24-25/h1-9,12-13,26H,10-11,14H2. The molecule has 5 nitrogen and oxygen atoms in total. The highest BCUT2D eigenvalue weighted by atomic mass is 19.1. The van der Waals surface area contributed by atoms with Crippen LogP contribution in [0.4, 0.5) is 4.39 Å². The van der Waals surface area contributed by atoms with Crippen molar-refractivity contribution in [2.24, 2.45) is 0 Å². The molecule has 0 aliphatic rings. The maximum atomic E-state index is 13.4. The van der Waals surface area contributed by atoms with Crippen LogP contribution >= 0.6 is 0 Å². The van der Waals surface area contributed by atoms with E-state index >= 15 is 0 Å². The van der Waals surface area contributed by atoms with Gasteiger partial charge in [0.2, 0.25) is 0 Å². The van der Waals surface area contributed by atoms with Gasteiger partial charge in [0.25, 0.3) is 0 Å². The summed E-state index contributed by atoms with van der Waals surface area (Å²) in [6, 6.07) is 19.5. The van der Waals surface area contributed by atoms with E-state index in [1.54, 1.807) is 6.07 Å². The summed E-state index contributed by atoms with van der Waals surface area (Å²) in [6.45, 7) is 0.280. The van der Waals surface area contributed by atoms with E-state index in [0.717, 1.165) is 22.2 Å². The summed E-state index contributed by atoms with van der Waals surface area (Å²) in [6.07, 6.45) is 0.526. The normalized spacial score (nSPS) is 11.0. The van der Waals surface area contributed by atoms with Crippen molar-refractivity contribution in [2.45, 2.75) is 13.0 Å². The summed E-state index contributed by atoms with van der Waals surface area (Å²) in [7, 11) is 0. The first kappa shape index (κ1) is 17.2. The molecule has 0 radical (unpaired) electrons. The van der Waals surface area contributed by atoms with E-state index in [9.17, 15) is 9.50 Å². The zero-order chi connectivity index (χ0) is 18.6. The molecule has 1 N–H and O–H groups in total. The second-order valence-corrected chi connectivity index (χ2v) is 6.17. The molecule has 0 atom stereocenters. The van der Waals surface area contributed by atoms with E-state index in [4.69, 9.17) is 4.74 Å². The van der Waals surface area contributed by atoms with Crippen molar-refractivity contribution < 1.29 is 14.2 Å². The lowest BCUT2D eigenvalue weighted by molar-refractivity contribution is 0.297. The van der Waals surface area contributed by atoms with E-state index < -0.39 is 0 Å². The van der Waals surface area contributed by atoms with Crippen LogP contribution in [0.25, 0.3) is 16.7 Å². The van der Waals surface area contributed by atoms with E-state index in [1.807, 2.05) is 48.5 Å². The SMILES string of the molecule is OCCc1ccc(OCc2cccc(F)c2)c(-n2nc3ccccc3n2)c1. The van der Waals surface area contributed by atoms with Crippen molar-refractivity contribution in [1.82, 2.24) is 15.0 Å². The third-order valence-electron chi connectivity index (χ3n) is 4.21. The zero-order valence-corrected chi connectivity index (χ0v) is 14.5. The molecule has 1 heterocycles. The fourth-order valence-corrected chi connectivity index (χ4v) is 2.88. The molecule has 27 heavy (non-hydrogen) atoms. The molecule has 0 unspecified atom stereocenters. The molecule has 4 rings (SSSR count). The van der Waals surface area contributed by atoms with Crippen molar-refractivity contribution in [3.8, 4) is 11.4 Å². The van der Waals surface area contributed by atoms with Gasteiger partial charge in [-0.25, -0.2) is 4.39 Å². The van der Waals surface area contributed by atoms with Crippen LogP contribution in [0.15, 0.2) is 66.7 Å². The van der Waals surface area contributed by atoms with E-state index in [1.165, 1.54) is 16.9 Å². The number of aromatic nitrogens is 3. The zero-order valence-electron chi connectivity index (χ0n) is 14.5. The minimum Gasteiger partial charge on any atom is -0.487 e. The third kappa shape index (κ3) is 3.80. The van der Waals surface area contributed by atoms with Crippen LogP contribution in [0.3, 0.4) is 0 Å². The van der Waals surface area contributed by atoms with Gasteiger partial charge < -0.3 is 9.84 Å². The number of hydrogen-bond donors (Lipinski definition) is 1. The third-order valence-corrected chi connectivity index (χ3v) is 4.21. The lowest BCUT2D eigenvalue weighted by Crippen LogP contribution is -2.05. The molecule has 0 fully saturated rings. The largest absolute Gasteiger partial charge is 0.487 e. The molecule has 4 aromatic rings. The molecule has 1 aromatic heterocycles. The van der Waals surface area contributed by atoms with Crippen molar-refractivity contribution in [1.29, 1.82) is 0 Å². The number of nitrogens with zero attached hydrogens (tertiary/aromatic N) is 3. The molecule has 0 aliphatic carbocycles. The molecule has 0 saturated carbocycles. The van der Waals surface area contributed by atoms with Crippen molar-refractivity contribution >= 4 is 11.0 Å². The Morgan fingerprint density at radius 3 is 2.37 bits per heavy atom. The van der Waals surface area contributed by atoms with Crippen LogP contribution < -0.4 is 4.74 Å². The van der Waals surface area contributed by atoms with Crippen LogP contribution in [0, 0.1) is 5.82 Å². The van der Waals surface area contributed by atoms with Gasteiger partial charge in [-0.1, -0.05) is 30.3 Å². The molecule has 3 aromatic carbocycles. The molecule has 0 bridgehead atoms. The highest BCUT2D eigenvalue weighted by Crippen LogP contribution is 2.26. The Bertz CT molecular complexity index is 1040. The quantitative estimate of drug-likeness (QED) is 0.568. The van der Waals surface area contributed by atoms with Gasteiger partial charge in [0.1, 0.15) is 34.9 Å². The molecule has 0 aliphatic heterocycles. The van der Waals surface area contributed by atoms with Crippen LogP contribution in [0.5, 0.6) is 5.75 Å². The van der Waals surface area contributed by atoms with Crippen LogP contribution in [0.1, 0.15) is 11.1 Å². The lowest BCUT2D eigenvalue weighted by atomic mass is 10.1. The lowest BCUT2D eigenvalue weighted by Gasteiger charge is -2.12. The number of fused-ring (bicyclic) bond motifs is 1. The van der Waals surface area contributed by atoms with Crippen LogP contribution in [-0.4, -0.2) is 26.7 Å². The number of ether oxygens (including phenoxy) is 1. The van der Waals surface area contributed by atoms with Gasteiger partial charge in [-0.05, 0) is 53.9 Å². The fourth-order valence-electron chi connectivity index (χ4n) is 2.88. The summed E-state index contributed by atoms with van der Waals surface area (Å²) in [5, 5.41) is 18.3. The van der Waals surface area contributed by atoms with Gasteiger partial charge in [0.05, 0.1) is 0 Å². The smallest absolute Gasteiger partial charge is 0.147 e. The summed E-state index contributed by atoms with van der Waals surface area (Å²) >= 11 is 0. The Balaban J connectivity index is 1.69. The molecule has 0 saturated heterocycles. The Morgan fingerprint density at radius 1 is 0.889 bits per heavy atom. The Kier molecular flexibility index (Phi) is 4.80. The minimum atomic E-state index is -0.297. The predicted octanol–water partition coefficient (Wildman–Crippen LogP) is 3.67. The van der Waals surface area contributed by atoms with Gasteiger partial charge in [0.15, 0.2) is 0 Å². The molecule has 6 heteroatoms. The minimum absolute atomic E-state index is 0.0530. The summed E-state index contributed by atoms with van der Waals surface area (Å²) < 4.78 is 19.3. The molecular formula is C21H18FN3O2. The average Bonchev–Trinajstić information content (AvgIpc) is 3.11. The Hall–Kier alpha value is -3.25. The van der Waals surface area contributed by atoms with Gasteiger partial charge in [-0.2, -0.15) is 0 Å². The summed E-state index contributed by atoms with van der Waals surface area (Å²) in [5.74, 6) is 0.288. The van der Waals surface area contributed by atoms with Crippen LogP contribution in [0.2, 0.25) is 0 Å². The first-order valence-electron chi connectivity index (χ1n) is 8.66. The molecule has 136 valence electrons. The second kappa shape index (κ2) is 7.55. The van der Waals surface area contributed by atoms with Gasteiger partial charge in [-0.15, -0.1) is 15.0 Å². The first-order valence-corrected chi connectivity index (χ1v) is 8.66. The Morgan fingerprint density at radius 2 is 1.67 bits per heavy atom. The number of benzene rings is 3. The van der Waals surface area contributed by atoms with Gasteiger partial charge >= 0.3 is 0 Å². The van der Waals surface area contributed by atoms with Gasteiger partial charge in [0, 0.05) is 6.61 Å². The van der Waals surface area contributed by atoms with Crippen molar-refractivity contribution in [3.05, 3.63) is 83.7 Å². The van der Waals surface area contributed by atoms with E-state index in [-0.39, 0.29) is 19.0 Å². The first-order chi connectivity index (χ1) is 13.2. The topological polar surface area (TPSA) is 60.2 Å². The molecule has 0 spiro atoms. The van der Waals surface area contributed by atoms with Crippen LogP contribution in [-0.2, 0) is 13.0 Å². The average molecular weight is 363 g/mol. The monoisotopic (exact) mass is 363 g/mol. The van der Waals surface area contributed by atoms with Crippen molar-refractivity contribution in [2.75, 3.05) is 6.61 Å². The number of aliphatic hydroxyl groups excluding tert-OH is 1. The van der Waals surface area contributed by atoms with E-state index in [2.05, 4.69) is 10.2 Å². The highest BCUT2D eigenvalue weighted by molar-refractivity contribution is 5.73. The number of rotatable bonds is 6. The van der Waals surface area contributed by atoms with E-state index in [0.29, 0.717) is 17.9 Å². The molecular weight excluding hydrogens is 345 g/mol. The predicted molar refractivity (Wildman–Crippen MR) is 100 cm³/mol. The number of aliphatic hydroxyl groups is 1. The Labute approximate surface area is 155 Å². The number of hydrogen-bond acceptors (Lipinski definition) is 4. The second-order valence-electron chi connectivity index (χ2n) is 6.17. The summed E-state index contributed by atoms with van der Waals surface area (Å²) in [5.41, 5.74) is 3.92.